The maximum absolute atomic E-state index is 11.8. The number of amides is 1. The van der Waals surface area contributed by atoms with E-state index in [1.54, 1.807) is 11.8 Å². The summed E-state index contributed by atoms with van der Waals surface area (Å²) in [4.78, 5) is 13.0. The second-order valence-corrected chi connectivity index (χ2v) is 8.00. The zero-order valence-corrected chi connectivity index (χ0v) is 14.1. The van der Waals surface area contributed by atoms with E-state index in [1.807, 2.05) is 39.0 Å². The highest BCUT2D eigenvalue weighted by atomic mass is 32.2. The van der Waals surface area contributed by atoms with Crippen LogP contribution in [0.25, 0.3) is 0 Å². The van der Waals surface area contributed by atoms with E-state index in [0.29, 0.717) is 11.6 Å². The number of nitrogens with zero attached hydrogens (tertiary/aromatic N) is 2. The lowest BCUT2D eigenvalue weighted by molar-refractivity contribution is -0.117. The van der Waals surface area contributed by atoms with Crippen LogP contribution in [-0.2, 0) is 10.5 Å². The zero-order valence-electron chi connectivity index (χ0n) is 12.4. The maximum Gasteiger partial charge on any atom is 0.226 e. The van der Waals surface area contributed by atoms with Gasteiger partial charge in [0.25, 0.3) is 0 Å². The number of rotatable bonds is 5. The first-order valence-electron chi connectivity index (χ1n) is 6.72. The summed E-state index contributed by atoms with van der Waals surface area (Å²) in [5.41, 5.74) is -0.0270. The summed E-state index contributed by atoms with van der Waals surface area (Å²) >= 11 is 3.14. The van der Waals surface area contributed by atoms with Crippen LogP contribution in [0.1, 0.15) is 32.2 Å². The molecule has 1 aromatic carbocycles. The van der Waals surface area contributed by atoms with E-state index >= 15 is 0 Å². The van der Waals surface area contributed by atoms with Gasteiger partial charge < -0.3 is 5.32 Å². The third-order valence-electron chi connectivity index (χ3n) is 2.51. The molecule has 0 aliphatic rings. The number of hydrogen-bond donors (Lipinski definition) is 1. The molecule has 1 amide bonds. The van der Waals surface area contributed by atoms with Crippen LogP contribution in [0, 0.1) is 5.41 Å². The topological polar surface area (TPSA) is 54.9 Å². The highest BCUT2D eigenvalue weighted by Crippen LogP contribution is 2.26. The number of carbonyl (C=O) groups is 1. The largest absolute Gasteiger partial charge is 0.301 e. The molecule has 6 heteroatoms. The maximum atomic E-state index is 11.8. The predicted octanol–water partition coefficient (Wildman–Crippen LogP) is 4.21. The number of aromatic nitrogens is 2. The molecule has 0 aliphatic heterocycles. The van der Waals surface area contributed by atoms with Gasteiger partial charge in [-0.05, 0) is 17.5 Å². The Kier molecular flexibility index (Phi) is 5.36. The second kappa shape index (κ2) is 7.04. The van der Waals surface area contributed by atoms with Gasteiger partial charge >= 0.3 is 0 Å². The fraction of sp³-hybridized carbons (Fsp3) is 0.400. The van der Waals surface area contributed by atoms with Gasteiger partial charge in [-0.15, -0.1) is 22.0 Å². The molecule has 0 unspecified atom stereocenters. The summed E-state index contributed by atoms with van der Waals surface area (Å²) in [5.74, 6) is 0.748. The number of thioether (sulfide) groups is 1. The molecule has 0 radical (unpaired) electrons. The van der Waals surface area contributed by atoms with E-state index in [1.165, 1.54) is 16.2 Å². The van der Waals surface area contributed by atoms with Gasteiger partial charge in [0.2, 0.25) is 11.0 Å². The minimum atomic E-state index is -0.0270. The van der Waals surface area contributed by atoms with E-state index in [0.717, 1.165) is 10.8 Å². The molecule has 1 N–H and O–H groups in total. The quantitative estimate of drug-likeness (QED) is 0.838. The van der Waals surface area contributed by atoms with E-state index < -0.39 is 0 Å². The molecule has 0 spiro atoms. The van der Waals surface area contributed by atoms with Gasteiger partial charge in [0, 0.05) is 11.3 Å². The number of benzene rings is 1. The standard InChI is InChI=1S/C15H19N3OS2/c1-15(2,3)9-12(19)16-14-18-17-13(21-14)10-20-11-7-5-4-6-8-11/h4-8H,9-10H2,1-3H3,(H,16,18,19). The van der Waals surface area contributed by atoms with Crippen molar-refractivity contribution in [1.29, 1.82) is 0 Å². The SMILES string of the molecule is CC(C)(C)CC(=O)Nc1nnc(CSc2ccccc2)s1. The van der Waals surface area contributed by atoms with E-state index in [2.05, 4.69) is 27.6 Å². The van der Waals surface area contributed by atoms with Gasteiger partial charge in [0.05, 0.1) is 5.75 Å². The van der Waals surface area contributed by atoms with Crippen molar-refractivity contribution in [1.82, 2.24) is 10.2 Å². The molecular formula is C15H19N3OS2. The number of carbonyl (C=O) groups excluding carboxylic acids is 1. The average molecular weight is 321 g/mol. The first kappa shape index (κ1) is 16.0. The Hall–Kier alpha value is -1.40. The van der Waals surface area contributed by atoms with Crippen LogP contribution in [0.15, 0.2) is 35.2 Å². The first-order chi connectivity index (χ1) is 9.92. The Bertz CT molecular complexity index is 590. The van der Waals surface area contributed by atoms with Gasteiger partial charge in [0.15, 0.2) is 0 Å². The van der Waals surface area contributed by atoms with E-state index in [-0.39, 0.29) is 11.3 Å². The minimum absolute atomic E-state index is 0.0130. The van der Waals surface area contributed by atoms with Gasteiger partial charge in [-0.25, -0.2) is 0 Å². The number of anilines is 1. The van der Waals surface area contributed by atoms with Crippen molar-refractivity contribution in [2.75, 3.05) is 5.32 Å². The van der Waals surface area contributed by atoms with Crippen LogP contribution in [0.4, 0.5) is 5.13 Å². The molecule has 21 heavy (non-hydrogen) atoms. The molecule has 0 bridgehead atoms. The summed E-state index contributed by atoms with van der Waals surface area (Å²) in [5, 5.41) is 12.4. The lowest BCUT2D eigenvalue weighted by atomic mass is 9.92. The number of hydrogen-bond acceptors (Lipinski definition) is 5. The van der Waals surface area contributed by atoms with Crippen LogP contribution in [-0.4, -0.2) is 16.1 Å². The first-order valence-corrected chi connectivity index (χ1v) is 8.53. The van der Waals surface area contributed by atoms with Crippen molar-refractivity contribution in [2.45, 2.75) is 37.8 Å². The van der Waals surface area contributed by atoms with Crippen molar-refractivity contribution >= 4 is 34.1 Å². The van der Waals surface area contributed by atoms with Crippen molar-refractivity contribution in [3.05, 3.63) is 35.3 Å². The van der Waals surface area contributed by atoms with Gasteiger partial charge in [0.1, 0.15) is 5.01 Å². The van der Waals surface area contributed by atoms with Crippen LogP contribution >= 0.6 is 23.1 Å². The fourth-order valence-electron chi connectivity index (χ4n) is 1.67. The highest BCUT2D eigenvalue weighted by molar-refractivity contribution is 7.98. The Balaban J connectivity index is 1.85. The zero-order chi connectivity index (χ0) is 15.3. The highest BCUT2D eigenvalue weighted by Gasteiger charge is 2.17. The van der Waals surface area contributed by atoms with E-state index in [9.17, 15) is 4.79 Å². The van der Waals surface area contributed by atoms with Gasteiger partial charge in [-0.1, -0.05) is 50.3 Å². The third kappa shape index (κ3) is 5.85. The molecule has 0 aliphatic carbocycles. The molecule has 0 saturated carbocycles. The molecule has 0 saturated heterocycles. The van der Waals surface area contributed by atoms with Crippen LogP contribution in [0.3, 0.4) is 0 Å². The molecule has 1 aromatic heterocycles. The van der Waals surface area contributed by atoms with Gasteiger partial charge in [-0.2, -0.15) is 0 Å². The molecule has 0 fully saturated rings. The molecule has 1 heterocycles. The normalized spacial score (nSPS) is 11.4. The lowest BCUT2D eigenvalue weighted by Crippen LogP contribution is -2.19. The van der Waals surface area contributed by atoms with Crippen LogP contribution in [0.2, 0.25) is 0 Å². The number of nitrogens with one attached hydrogen (secondary N) is 1. The monoisotopic (exact) mass is 321 g/mol. The third-order valence-corrected chi connectivity index (χ3v) is 4.55. The summed E-state index contributed by atoms with van der Waals surface area (Å²) < 4.78 is 0. The molecular weight excluding hydrogens is 302 g/mol. The van der Waals surface area contributed by atoms with Crippen LogP contribution in [0.5, 0.6) is 0 Å². The molecule has 4 nitrogen and oxygen atoms in total. The van der Waals surface area contributed by atoms with Crippen molar-refractivity contribution in [2.24, 2.45) is 5.41 Å². The van der Waals surface area contributed by atoms with Crippen molar-refractivity contribution in [3.63, 3.8) is 0 Å². The Labute approximate surface area is 133 Å². The van der Waals surface area contributed by atoms with Gasteiger partial charge in [-0.3, -0.25) is 4.79 Å². The summed E-state index contributed by atoms with van der Waals surface area (Å²) in [6.07, 6.45) is 0.473. The Morgan fingerprint density at radius 1 is 1.24 bits per heavy atom. The average Bonchev–Trinajstić information content (AvgIpc) is 2.83. The molecule has 2 rings (SSSR count). The molecule has 2 aromatic rings. The molecule has 0 atom stereocenters. The fourth-order valence-corrected chi connectivity index (χ4v) is 3.33. The molecule has 112 valence electrons. The predicted molar refractivity (Wildman–Crippen MR) is 88.6 cm³/mol. The van der Waals surface area contributed by atoms with Crippen LogP contribution < -0.4 is 5.32 Å². The van der Waals surface area contributed by atoms with Crippen molar-refractivity contribution in [3.8, 4) is 0 Å². The summed E-state index contributed by atoms with van der Waals surface area (Å²) in [7, 11) is 0. The Morgan fingerprint density at radius 3 is 2.62 bits per heavy atom. The lowest BCUT2D eigenvalue weighted by Gasteiger charge is -2.16. The van der Waals surface area contributed by atoms with E-state index in [4.69, 9.17) is 0 Å². The summed E-state index contributed by atoms with van der Waals surface area (Å²) in [6.45, 7) is 6.11. The smallest absolute Gasteiger partial charge is 0.226 e. The summed E-state index contributed by atoms with van der Waals surface area (Å²) in [6, 6.07) is 10.2. The van der Waals surface area contributed by atoms with Crippen molar-refractivity contribution < 1.29 is 4.79 Å². The Morgan fingerprint density at radius 2 is 1.95 bits per heavy atom. The second-order valence-electron chi connectivity index (χ2n) is 5.89. The minimum Gasteiger partial charge on any atom is -0.301 e.